The van der Waals surface area contributed by atoms with Crippen molar-refractivity contribution in [3.8, 4) is 0 Å². The third-order valence-electron chi connectivity index (χ3n) is 4.04. The molecule has 1 saturated carbocycles. The van der Waals surface area contributed by atoms with Crippen LogP contribution in [0, 0.1) is 5.92 Å². The fourth-order valence-corrected chi connectivity index (χ4v) is 3.20. The van der Waals surface area contributed by atoms with E-state index >= 15 is 0 Å². The van der Waals surface area contributed by atoms with Crippen molar-refractivity contribution in [3.05, 3.63) is 0 Å². The van der Waals surface area contributed by atoms with Gasteiger partial charge in [0.15, 0.2) is 0 Å². The quantitative estimate of drug-likeness (QED) is 0.775. The van der Waals surface area contributed by atoms with Gasteiger partial charge >= 0.3 is 0 Å². The summed E-state index contributed by atoms with van der Waals surface area (Å²) >= 11 is 0. The second-order valence-electron chi connectivity index (χ2n) is 5.26. The molecule has 1 atom stereocenters. The van der Waals surface area contributed by atoms with Crippen LogP contribution in [-0.4, -0.2) is 25.3 Å². The molecule has 1 spiro atoms. The van der Waals surface area contributed by atoms with E-state index in [4.69, 9.17) is 4.74 Å². The summed E-state index contributed by atoms with van der Waals surface area (Å²) in [6.07, 6.45) is 9.38. The monoisotopic (exact) mass is 211 g/mol. The van der Waals surface area contributed by atoms with Crippen molar-refractivity contribution in [1.82, 2.24) is 5.32 Å². The van der Waals surface area contributed by atoms with Crippen LogP contribution in [0.5, 0.6) is 0 Å². The second kappa shape index (κ2) is 5.31. The van der Waals surface area contributed by atoms with Crippen LogP contribution in [0.4, 0.5) is 0 Å². The minimum atomic E-state index is 0.288. The van der Waals surface area contributed by atoms with Crippen LogP contribution in [0.15, 0.2) is 0 Å². The lowest BCUT2D eigenvalue weighted by Crippen LogP contribution is -2.43. The second-order valence-corrected chi connectivity index (χ2v) is 5.26. The van der Waals surface area contributed by atoms with Gasteiger partial charge in [-0.25, -0.2) is 0 Å². The Morgan fingerprint density at radius 1 is 1.27 bits per heavy atom. The molecule has 1 saturated heterocycles. The summed E-state index contributed by atoms with van der Waals surface area (Å²) < 4.78 is 6.09. The third kappa shape index (κ3) is 2.94. The Morgan fingerprint density at radius 2 is 2.07 bits per heavy atom. The molecule has 15 heavy (non-hydrogen) atoms. The van der Waals surface area contributed by atoms with E-state index in [2.05, 4.69) is 12.2 Å². The molecule has 0 amide bonds. The highest BCUT2D eigenvalue weighted by molar-refractivity contribution is 4.90. The molecule has 88 valence electrons. The average molecular weight is 211 g/mol. The lowest BCUT2D eigenvalue weighted by Gasteiger charge is -2.43. The predicted octanol–water partition coefficient (Wildman–Crippen LogP) is 2.73. The van der Waals surface area contributed by atoms with Gasteiger partial charge < -0.3 is 10.1 Å². The molecule has 1 heterocycles. The van der Waals surface area contributed by atoms with Gasteiger partial charge in [-0.2, -0.15) is 0 Å². The van der Waals surface area contributed by atoms with Crippen LogP contribution in [0.25, 0.3) is 0 Å². The molecule has 2 aliphatic rings. The van der Waals surface area contributed by atoms with E-state index in [1.54, 1.807) is 0 Å². The summed E-state index contributed by atoms with van der Waals surface area (Å²) in [6.45, 7) is 5.48. The fourth-order valence-electron chi connectivity index (χ4n) is 3.20. The first-order chi connectivity index (χ1) is 7.35. The van der Waals surface area contributed by atoms with Crippen LogP contribution in [0.1, 0.15) is 51.9 Å². The zero-order chi connectivity index (χ0) is 10.6. The summed E-state index contributed by atoms with van der Waals surface area (Å²) in [5.74, 6) is 0.858. The largest absolute Gasteiger partial charge is 0.375 e. The SMILES string of the molecule is CCNCC1CCOC2(CCCCC2)C1. The molecule has 1 aliphatic heterocycles. The minimum Gasteiger partial charge on any atom is -0.375 e. The minimum absolute atomic E-state index is 0.288. The van der Waals surface area contributed by atoms with Gasteiger partial charge in [0.2, 0.25) is 0 Å². The fraction of sp³-hybridized carbons (Fsp3) is 1.00. The molecule has 0 aromatic heterocycles. The molecule has 2 fully saturated rings. The summed E-state index contributed by atoms with van der Waals surface area (Å²) in [5.41, 5.74) is 0.288. The van der Waals surface area contributed by atoms with E-state index in [0.717, 1.165) is 19.1 Å². The Bertz CT molecular complexity index is 181. The summed E-state index contributed by atoms with van der Waals surface area (Å²) in [7, 11) is 0. The van der Waals surface area contributed by atoms with Gasteiger partial charge in [0.05, 0.1) is 5.60 Å². The van der Waals surface area contributed by atoms with E-state index in [0.29, 0.717) is 0 Å². The molecular formula is C13H25NO. The van der Waals surface area contributed by atoms with Crippen molar-refractivity contribution in [2.75, 3.05) is 19.7 Å². The highest BCUT2D eigenvalue weighted by Gasteiger charge is 2.37. The molecule has 2 nitrogen and oxygen atoms in total. The Labute approximate surface area is 93.8 Å². The average Bonchev–Trinajstić information content (AvgIpc) is 2.28. The molecule has 2 rings (SSSR count). The normalized spacial score (nSPS) is 30.6. The summed E-state index contributed by atoms with van der Waals surface area (Å²) in [5, 5.41) is 3.48. The van der Waals surface area contributed by atoms with Crippen LogP contribution in [0.2, 0.25) is 0 Å². The summed E-state index contributed by atoms with van der Waals surface area (Å²) in [6, 6.07) is 0. The molecule has 1 aliphatic carbocycles. The molecule has 0 radical (unpaired) electrons. The number of nitrogens with one attached hydrogen (secondary N) is 1. The van der Waals surface area contributed by atoms with E-state index < -0.39 is 0 Å². The van der Waals surface area contributed by atoms with E-state index in [-0.39, 0.29) is 5.60 Å². The molecule has 1 unspecified atom stereocenters. The predicted molar refractivity (Wildman–Crippen MR) is 63.0 cm³/mol. The van der Waals surface area contributed by atoms with Crippen molar-refractivity contribution in [2.24, 2.45) is 5.92 Å². The van der Waals surface area contributed by atoms with Gasteiger partial charge in [-0.05, 0) is 44.7 Å². The van der Waals surface area contributed by atoms with Crippen molar-refractivity contribution >= 4 is 0 Å². The molecular weight excluding hydrogens is 186 g/mol. The lowest BCUT2D eigenvalue weighted by molar-refractivity contribution is -0.116. The molecule has 2 heteroatoms. The molecule has 0 bridgehead atoms. The number of ether oxygens (including phenoxy) is 1. The molecule has 0 aromatic carbocycles. The maximum atomic E-state index is 6.09. The van der Waals surface area contributed by atoms with E-state index in [9.17, 15) is 0 Å². The Balaban J connectivity index is 1.85. The standard InChI is InChI=1S/C13H25NO/c1-2-14-11-12-6-9-15-13(10-12)7-4-3-5-8-13/h12,14H,2-11H2,1H3. The number of hydrogen-bond acceptors (Lipinski definition) is 2. The van der Waals surface area contributed by atoms with Crippen molar-refractivity contribution < 1.29 is 4.74 Å². The maximum absolute atomic E-state index is 6.09. The lowest BCUT2D eigenvalue weighted by atomic mass is 9.76. The Hall–Kier alpha value is -0.0800. The zero-order valence-electron chi connectivity index (χ0n) is 10.1. The van der Waals surface area contributed by atoms with Gasteiger partial charge in [-0.1, -0.05) is 26.2 Å². The Kier molecular flexibility index (Phi) is 4.04. The van der Waals surface area contributed by atoms with Gasteiger partial charge in [0, 0.05) is 6.61 Å². The van der Waals surface area contributed by atoms with Gasteiger partial charge in [-0.15, -0.1) is 0 Å². The summed E-state index contributed by atoms with van der Waals surface area (Å²) in [4.78, 5) is 0. The third-order valence-corrected chi connectivity index (χ3v) is 4.04. The van der Waals surface area contributed by atoms with Crippen molar-refractivity contribution in [3.63, 3.8) is 0 Å². The van der Waals surface area contributed by atoms with Crippen molar-refractivity contribution in [1.29, 1.82) is 0 Å². The van der Waals surface area contributed by atoms with Crippen LogP contribution >= 0.6 is 0 Å². The number of hydrogen-bond donors (Lipinski definition) is 1. The first kappa shape index (κ1) is 11.4. The van der Waals surface area contributed by atoms with Crippen LogP contribution in [0.3, 0.4) is 0 Å². The smallest absolute Gasteiger partial charge is 0.0685 e. The van der Waals surface area contributed by atoms with Gasteiger partial charge in [0.1, 0.15) is 0 Å². The highest BCUT2D eigenvalue weighted by atomic mass is 16.5. The van der Waals surface area contributed by atoms with Crippen LogP contribution < -0.4 is 5.32 Å². The topological polar surface area (TPSA) is 21.3 Å². The zero-order valence-corrected chi connectivity index (χ0v) is 10.1. The Morgan fingerprint density at radius 3 is 2.80 bits per heavy atom. The molecule has 0 aromatic rings. The van der Waals surface area contributed by atoms with Gasteiger partial charge in [0.25, 0.3) is 0 Å². The van der Waals surface area contributed by atoms with Crippen molar-refractivity contribution in [2.45, 2.75) is 57.5 Å². The maximum Gasteiger partial charge on any atom is 0.0685 e. The highest BCUT2D eigenvalue weighted by Crippen LogP contribution is 2.40. The number of rotatable bonds is 3. The van der Waals surface area contributed by atoms with Crippen LogP contribution in [-0.2, 0) is 4.74 Å². The van der Waals surface area contributed by atoms with Gasteiger partial charge in [-0.3, -0.25) is 0 Å². The van der Waals surface area contributed by atoms with E-state index in [1.165, 1.54) is 51.5 Å². The first-order valence-electron chi connectivity index (χ1n) is 6.69. The molecule has 1 N–H and O–H groups in total. The first-order valence-corrected chi connectivity index (χ1v) is 6.69. The van der Waals surface area contributed by atoms with E-state index in [1.807, 2.05) is 0 Å².